The fourth-order valence-electron chi connectivity index (χ4n) is 4.54. The van der Waals surface area contributed by atoms with Crippen LogP contribution in [0.2, 0.25) is 0 Å². The van der Waals surface area contributed by atoms with Gasteiger partial charge >= 0.3 is 5.69 Å². The van der Waals surface area contributed by atoms with Crippen LogP contribution >= 0.6 is 0 Å². The van der Waals surface area contributed by atoms with Gasteiger partial charge in [-0.1, -0.05) is 11.2 Å². The zero-order chi connectivity index (χ0) is 22.2. The van der Waals surface area contributed by atoms with E-state index in [2.05, 4.69) is 40.7 Å². The van der Waals surface area contributed by atoms with Gasteiger partial charge in [-0.25, -0.2) is 4.79 Å². The van der Waals surface area contributed by atoms with Crippen molar-refractivity contribution in [3.8, 4) is 5.75 Å². The van der Waals surface area contributed by atoms with E-state index in [0.717, 1.165) is 53.1 Å². The molecule has 2 aromatic rings. The van der Waals surface area contributed by atoms with E-state index in [-0.39, 0.29) is 5.69 Å². The molecule has 8 nitrogen and oxygen atoms in total. The minimum Gasteiger partial charge on any atom is -0.489 e. The second-order valence-corrected chi connectivity index (χ2v) is 8.99. The molecule has 1 aromatic carbocycles. The summed E-state index contributed by atoms with van der Waals surface area (Å²) in [5.41, 5.74) is 4.83. The largest absolute Gasteiger partial charge is 0.489 e. The molecule has 2 saturated carbocycles. The van der Waals surface area contributed by atoms with E-state index in [1.165, 1.54) is 22.2 Å². The Labute approximate surface area is 187 Å². The Morgan fingerprint density at radius 1 is 1.22 bits per heavy atom. The lowest BCUT2D eigenvalue weighted by molar-refractivity contribution is 0.212. The minimum absolute atomic E-state index is 0.246. The molecule has 3 aliphatic rings. The van der Waals surface area contributed by atoms with Gasteiger partial charge in [-0.3, -0.25) is 0 Å². The molecular weight excluding hydrogens is 406 g/mol. The number of ether oxygens (including phenoxy) is 1. The van der Waals surface area contributed by atoms with Crippen molar-refractivity contribution in [1.29, 1.82) is 0 Å². The number of aromatic nitrogens is 4. The summed E-state index contributed by atoms with van der Waals surface area (Å²) in [7, 11) is 3.20. The summed E-state index contributed by atoms with van der Waals surface area (Å²) in [4.78, 5) is 17.6. The Bertz CT molecular complexity index is 1160. The maximum absolute atomic E-state index is 12.5. The van der Waals surface area contributed by atoms with E-state index < -0.39 is 0 Å². The van der Waals surface area contributed by atoms with E-state index in [1.807, 2.05) is 12.1 Å². The van der Waals surface area contributed by atoms with Crippen molar-refractivity contribution in [2.75, 3.05) is 13.7 Å². The van der Waals surface area contributed by atoms with Crippen LogP contribution in [-0.2, 0) is 11.9 Å². The molecule has 0 bridgehead atoms. The summed E-state index contributed by atoms with van der Waals surface area (Å²) in [6.45, 7) is 2.48. The number of hydrogen-bond acceptors (Lipinski definition) is 6. The average Bonchev–Trinajstić information content (AvgIpc) is 3.71. The van der Waals surface area contributed by atoms with Crippen molar-refractivity contribution in [2.45, 2.75) is 39.0 Å². The number of rotatable bonds is 8. The predicted octanol–water partition coefficient (Wildman–Crippen LogP) is 3.32. The minimum atomic E-state index is -0.246. The molecule has 0 amide bonds. The van der Waals surface area contributed by atoms with Gasteiger partial charge in [0.1, 0.15) is 19.5 Å². The molecule has 1 unspecified atom stereocenters. The molecule has 1 atom stereocenters. The molecule has 8 heteroatoms. The van der Waals surface area contributed by atoms with Crippen LogP contribution in [0.25, 0.3) is 5.70 Å². The molecule has 32 heavy (non-hydrogen) atoms. The van der Waals surface area contributed by atoms with Crippen molar-refractivity contribution in [1.82, 2.24) is 19.8 Å². The Balaban J connectivity index is 1.42. The van der Waals surface area contributed by atoms with Gasteiger partial charge < -0.3 is 9.57 Å². The molecule has 0 radical (unpaired) electrons. The third-order valence-corrected chi connectivity index (χ3v) is 6.59. The summed E-state index contributed by atoms with van der Waals surface area (Å²) in [5.74, 6) is 2.35. The van der Waals surface area contributed by atoms with Gasteiger partial charge in [0.25, 0.3) is 0 Å². The summed E-state index contributed by atoms with van der Waals surface area (Å²) < 4.78 is 8.96. The molecule has 1 aromatic heterocycles. The summed E-state index contributed by atoms with van der Waals surface area (Å²) >= 11 is 0. The summed E-state index contributed by atoms with van der Waals surface area (Å²) in [6.07, 6.45) is 9.85. The molecule has 1 heterocycles. The number of hydrogen-bond donors (Lipinski definition) is 0. The molecule has 0 saturated heterocycles. The maximum Gasteiger partial charge on any atom is 0.368 e. The van der Waals surface area contributed by atoms with Crippen LogP contribution in [0.1, 0.15) is 43.2 Å². The third-order valence-electron chi connectivity index (χ3n) is 6.59. The Morgan fingerprint density at radius 2 is 2.03 bits per heavy atom. The Kier molecular flexibility index (Phi) is 5.45. The quantitative estimate of drug-likeness (QED) is 0.469. The first kappa shape index (κ1) is 20.7. The van der Waals surface area contributed by atoms with Gasteiger partial charge in [-0.2, -0.15) is 9.36 Å². The molecule has 5 rings (SSSR count). The Morgan fingerprint density at radius 3 is 2.66 bits per heavy atom. The summed E-state index contributed by atoms with van der Waals surface area (Å²) in [6, 6.07) is 6.19. The number of nitrogens with zero attached hydrogens (tertiary/aromatic N) is 5. The van der Waals surface area contributed by atoms with Crippen molar-refractivity contribution >= 4 is 11.4 Å². The topological polar surface area (TPSA) is 83.5 Å². The van der Waals surface area contributed by atoms with E-state index in [9.17, 15) is 4.79 Å². The van der Waals surface area contributed by atoms with Crippen LogP contribution in [-0.4, -0.2) is 39.2 Å². The SMILES string of the molecule is CON=C(c1ccc(OCC2=C(n3nnn(C)c3=O)C=CCC2C2CC2)c(C)c1)C1CC1. The van der Waals surface area contributed by atoms with Crippen molar-refractivity contribution < 1.29 is 9.57 Å². The smallest absolute Gasteiger partial charge is 0.368 e. The highest BCUT2D eigenvalue weighted by Crippen LogP contribution is 2.45. The molecule has 3 aliphatic carbocycles. The molecule has 0 aliphatic heterocycles. The summed E-state index contributed by atoms with van der Waals surface area (Å²) in [5, 5.41) is 12.2. The number of benzene rings is 1. The van der Waals surface area contributed by atoms with Crippen LogP contribution in [0.3, 0.4) is 0 Å². The highest BCUT2D eigenvalue weighted by atomic mass is 16.6. The van der Waals surface area contributed by atoms with Gasteiger partial charge in [0.05, 0.1) is 11.4 Å². The van der Waals surface area contributed by atoms with Gasteiger partial charge in [0.15, 0.2) is 0 Å². The molecule has 0 spiro atoms. The molecule has 168 valence electrons. The molecular formula is C24H29N5O3. The lowest BCUT2D eigenvalue weighted by Gasteiger charge is -2.25. The number of allylic oxidation sites excluding steroid dienone is 3. The zero-order valence-corrected chi connectivity index (χ0v) is 18.8. The first-order valence-corrected chi connectivity index (χ1v) is 11.3. The lowest BCUT2D eigenvalue weighted by Crippen LogP contribution is -2.27. The monoisotopic (exact) mass is 435 g/mol. The van der Waals surface area contributed by atoms with Crippen molar-refractivity contribution in [2.24, 2.45) is 30.0 Å². The Hall–Kier alpha value is -3.16. The number of oxime groups is 1. The van der Waals surface area contributed by atoms with Gasteiger partial charge in [0, 0.05) is 18.5 Å². The van der Waals surface area contributed by atoms with Crippen LogP contribution in [0.4, 0.5) is 0 Å². The van der Waals surface area contributed by atoms with E-state index in [0.29, 0.717) is 24.4 Å². The fraction of sp³-hybridized carbons (Fsp3) is 0.500. The highest BCUT2D eigenvalue weighted by molar-refractivity contribution is 6.03. The first-order chi connectivity index (χ1) is 15.6. The predicted molar refractivity (Wildman–Crippen MR) is 121 cm³/mol. The molecule has 0 N–H and O–H groups in total. The first-order valence-electron chi connectivity index (χ1n) is 11.3. The average molecular weight is 436 g/mol. The van der Waals surface area contributed by atoms with Crippen LogP contribution < -0.4 is 10.4 Å². The fourth-order valence-corrected chi connectivity index (χ4v) is 4.54. The van der Waals surface area contributed by atoms with Crippen molar-refractivity contribution in [3.63, 3.8) is 0 Å². The highest BCUT2D eigenvalue weighted by Gasteiger charge is 2.36. The van der Waals surface area contributed by atoms with Gasteiger partial charge in [-0.05, 0) is 96.7 Å². The van der Waals surface area contributed by atoms with Crippen molar-refractivity contribution in [3.05, 3.63) is 57.5 Å². The maximum atomic E-state index is 12.5. The lowest BCUT2D eigenvalue weighted by atomic mass is 9.86. The van der Waals surface area contributed by atoms with E-state index in [4.69, 9.17) is 9.57 Å². The van der Waals surface area contributed by atoms with Crippen LogP contribution in [0.5, 0.6) is 5.75 Å². The second-order valence-electron chi connectivity index (χ2n) is 8.99. The zero-order valence-electron chi connectivity index (χ0n) is 18.8. The van der Waals surface area contributed by atoms with Gasteiger partial charge in [-0.15, -0.1) is 0 Å². The van der Waals surface area contributed by atoms with E-state index in [1.54, 1.807) is 14.2 Å². The number of tetrazole rings is 1. The number of aryl methyl sites for hydroxylation is 2. The molecule has 2 fully saturated rings. The standard InChI is InChI=1S/C24H29N5O3/c1-15-13-18(23(25-31-3)17-9-10-17)11-12-22(15)32-14-20-19(16-7-8-16)5-4-6-21(20)29-24(30)28(2)26-27-29/h4,6,11-13,16-17,19H,5,7-10,14H2,1-3H3. The second kappa shape index (κ2) is 8.41. The van der Waals surface area contributed by atoms with Crippen LogP contribution in [0.15, 0.2) is 45.9 Å². The van der Waals surface area contributed by atoms with E-state index >= 15 is 0 Å². The van der Waals surface area contributed by atoms with Gasteiger partial charge in [0.2, 0.25) is 0 Å². The van der Waals surface area contributed by atoms with Crippen LogP contribution in [0, 0.1) is 24.7 Å². The normalized spacial score (nSPS) is 21.2. The third kappa shape index (κ3) is 4.01.